The van der Waals surface area contributed by atoms with E-state index < -0.39 is 0 Å². The molecule has 1 N–H and O–H groups in total. The maximum atomic E-state index is 3.95. The minimum atomic E-state index is 0.674. The van der Waals surface area contributed by atoms with E-state index in [0.717, 1.165) is 19.5 Å². The molecule has 0 bridgehead atoms. The van der Waals surface area contributed by atoms with Gasteiger partial charge in [0.1, 0.15) is 0 Å². The zero-order chi connectivity index (χ0) is 12.1. The average molecular weight is 237 g/mol. The number of rotatable bonds is 6. The number of nitrogens with one attached hydrogen (secondary N) is 1. The fraction of sp³-hybridized carbons (Fsp3) is 0.833. The lowest BCUT2D eigenvalue weighted by Gasteiger charge is -2.20. The van der Waals surface area contributed by atoms with E-state index in [1.54, 1.807) is 6.20 Å². The maximum absolute atomic E-state index is 3.95. The van der Waals surface area contributed by atoms with Gasteiger partial charge in [-0.25, -0.2) is 0 Å². The largest absolute Gasteiger partial charge is 0.313 e. The second kappa shape index (κ2) is 6.12. The first-order valence-electron chi connectivity index (χ1n) is 6.57. The van der Waals surface area contributed by atoms with Crippen LogP contribution in [0.25, 0.3) is 0 Å². The summed E-state index contributed by atoms with van der Waals surface area (Å²) in [5, 5.41) is 11.4. The van der Waals surface area contributed by atoms with Crippen LogP contribution < -0.4 is 5.32 Å². The molecule has 1 saturated heterocycles. The molecule has 1 aromatic heterocycles. The average Bonchev–Trinajstić information content (AvgIpc) is 2.96. The van der Waals surface area contributed by atoms with Crippen LogP contribution in [0.5, 0.6) is 0 Å². The highest BCUT2D eigenvalue weighted by Crippen LogP contribution is 2.11. The smallest absolute Gasteiger partial charge is 0.0692 e. The first kappa shape index (κ1) is 12.5. The molecular formula is C12H23N5. The van der Waals surface area contributed by atoms with Crippen LogP contribution in [0.15, 0.2) is 12.4 Å². The number of hydrogen-bond acceptors (Lipinski definition) is 4. The van der Waals surface area contributed by atoms with E-state index in [-0.39, 0.29) is 0 Å². The summed E-state index contributed by atoms with van der Waals surface area (Å²) in [6.07, 6.45) is 6.03. The van der Waals surface area contributed by atoms with Crippen molar-refractivity contribution in [3.05, 3.63) is 12.4 Å². The van der Waals surface area contributed by atoms with Crippen molar-refractivity contribution in [2.75, 3.05) is 19.6 Å². The van der Waals surface area contributed by atoms with Gasteiger partial charge >= 0.3 is 0 Å². The molecule has 0 radical (unpaired) electrons. The molecule has 2 rings (SSSR count). The van der Waals surface area contributed by atoms with E-state index in [0.29, 0.717) is 12.1 Å². The van der Waals surface area contributed by atoms with E-state index in [1.807, 2.05) is 10.9 Å². The zero-order valence-corrected chi connectivity index (χ0v) is 10.8. The Balaban J connectivity index is 1.57. The van der Waals surface area contributed by atoms with E-state index in [1.165, 1.54) is 19.5 Å². The van der Waals surface area contributed by atoms with Crippen LogP contribution >= 0.6 is 0 Å². The van der Waals surface area contributed by atoms with Gasteiger partial charge in [-0.1, -0.05) is 5.21 Å². The van der Waals surface area contributed by atoms with Gasteiger partial charge in [-0.05, 0) is 39.8 Å². The molecule has 5 heteroatoms. The minimum absolute atomic E-state index is 0.674. The molecule has 0 saturated carbocycles. The third kappa shape index (κ3) is 3.78. The molecule has 1 aliphatic rings. The van der Waals surface area contributed by atoms with Crippen LogP contribution in [0.3, 0.4) is 0 Å². The van der Waals surface area contributed by atoms with Crippen molar-refractivity contribution in [3.63, 3.8) is 0 Å². The normalized spacial score (nSPS) is 21.5. The highest BCUT2D eigenvalue weighted by molar-refractivity contribution is 4.82. The summed E-state index contributed by atoms with van der Waals surface area (Å²) in [7, 11) is 0. The third-order valence-corrected chi connectivity index (χ3v) is 3.42. The summed E-state index contributed by atoms with van der Waals surface area (Å²) in [6, 6.07) is 1.35. The van der Waals surface area contributed by atoms with Crippen molar-refractivity contribution >= 4 is 0 Å². The first-order valence-corrected chi connectivity index (χ1v) is 6.57. The topological polar surface area (TPSA) is 46.0 Å². The standard InChI is InChI=1S/C12H23N5/c1-11(2)16-8-4-12(10-16)13-5-3-7-17-9-6-14-15-17/h6,9,11-13H,3-5,7-8,10H2,1-2H3. The number of aryl methyl sites for hydroxylation is 1. The van der Waals surface area contributed by atoms with Gasteiger partial charge in [0.15, 0.2) is 0 Å². The molecule has 1 fully saturated rings. The molecule has 0 amide bonds. The Morgan fingerprint density at radius 3 is 3.00 bits per heavy atom. The second-order valence-corrected chi connectivity index (χ2v) is 5.05. The fourth-order valence-corrected chi connectivity index (χ4v) is 2.32. The Morgan fingerprint density at radius 2 is 2.35 bits per heavy atom. The summed E-state index contributed by atoms with van der Waals surface area (Å²) >= 11 is 0. The molecule has 0 aromatic carbocycles. The SMILES string of the molecule is CC(C)N1CCC(NCCCn2ccnn2)C1. The lowest BCUT2D eigenvalue weighted by Crippen LogP contribution is -2.35. The van der Waals surface area contributed by atoms with Gasteiger partial charge in [-0.2, -0.15) is 0 Å². The van der Waals surface area contributed by atoms with Crippen molar-refractivity contribution in [3.8, 4) is 0 Å². The van der Waals surface area contributed by atoms with E-state index in [4.69, 9.17) is 0 Å². The quantitative estimate of drug-likeness (QED) is 0.741. The third-order valence-electron chi connectivity index (χ3n) is 3.42. The molecule has 96 valence electrons. The van der Waals surface area contributed by atoms with Crippen molar-refractivity contribution in [1.29, 1.82) is 0 Å². The number of aromatic nitrogens is 3. The van der Waals surface area contributed by atoms with Crippen LogP contribution in [0, 0.1) is 0 Å². The van der Waals surface area contributed by atoms with Gasteiger partial charge in [0, 0.05) is 31.4 Å². The molecule has 1 aromatic rings. The van der Waals surface area contributed by atoms with Crippen molar-refractivity contribution in [1.82, 2.24) is 25.2 Å². The number of hydrogen-bond donors (Lipinski definition) is 1. The van der Waals surface area contributed by atoms with Gasteiger partial charge in [-0.3, -0.25) is 9.58 Å². The monoisotopic (exact) mass is 237 g/mol. The van der Waals surface area contributed by atoms with Gasteiger partial charge in [0.05, 0.1) is 6.20 Å². The van der Waals surface area contributed by atoms with Crippen LogP contribution in [0.1, 0.15) is 26.7 Å². The summed E-state index contributed by atoms with van der Waals surface area (Å²) < 4.78 is 1.89. The summed E-state index contributed by atoms with van der Waals surface area (Å²) in [6.45, 7) is 8.99. The predicted octanol–water partition coefficient (Wildman–Crippen LogP) is 0.740. The minimum Gasteiger partial charge on any atom is -0.313 e. The van der Waals surface area contributed by atoms with Gasteiger partial charge in [-0.15, -0.1) is 5.10 Å². The Morgan fingerprint density at radius 1 is 1.47 bits per heavy atom. The Labute approximate surface area is 103 Å². The molecular weight excluding hydrogens is 214 g/mol. The lowest BCUT2D eigenvalue weighted by atomic mass is 10.2. The Kier molecular flexibility index (Phi) is 4.50. The fourth-order valence-electron chi connectivity index (χ4n) is 2.32. The lowest BCUT2D eigenvalue weighted by molar-refractivity contribution is 0.268. The Bertz CT molecular complexity index is 309. The van der Waals surface area contributed by atoms with Gasteiger partial charge in [0.2, 0.25) is 0 Å². The second-order valence-electron chi connectivity index (χ2n) is 5.05. The summed E-state index contributed by atoms with van der Waals surface area (Å²) in [5.74, 6) is 0. The van der Waals surface area contributed by atoms with Crippen LogP contribution in [0.4, 0.5) is 0 Å². The van der Waals surface area contributed by atoms with Crippen LogP contribution in [-0.2, 0) is 6.54 Å². The summed E-state index contributed by atoms with van der Waals surface area (Å²) in [5.41, 5.74) is 0. The molecule has 0 aliphatic carbocycles. The number of likely N-dealkylation sites (tertiary alicyclic amines) is 1. The van der Waals surface area contributed by atoms with Crippen LogP contribution in [0.2, 0.25) is 0 Å². The van der Waals surface area contributed by atoms with E-state index >= 15 is 0 Å². The predicted molar refractivity (Wildman–Crippen MR) is 67.8 cm³/mol. The zero-order valence-electron chi connectivity index (χ0n) is 10.8. The maximum Gasteiger partial charge on any atom is 0.0692 e. The molecule has 1 unspecified atom stereocenters. The molecule has 0 spiro atoms. The molecule has 1 aliphatic heterocycles. The van der Waals surface area contributed by atoms with E-state index in [9.17, 15) is 0 Å². The van der Waals surface area contributed by atoms with Crippen molar-refractivity contribution < 1.29 is 0 Å². The first-order chi connectivity index (χ1) is 8.25. The summed E-state index contributed by atoms with van der Waals surface area (Å²) in [4.78, 5) is 2.54. The van der Waals surface area contributed by atoms with Crippen LogP contribution in [-0.4, -0.2) is 51.6 Å². The van der Waals surface area contributed by atoms with Gasteiger partial charge in [0.25, 0.3) is 0 Å². The molecule has 2 heterocycles. The molecule has 17 heavy (non-hydrogen) atoms. The number of nitrogens with zero attached hydrogens (tertiary/aromatic N) is 4. The highest BCUT2D eigenvalue weighted by atomic mass is 15.4. The van der Waals surface area contributed by atoms with Gasteiger partial charge < -0.3 is 5.32 Å². The molecule has 1 atom stereocenters. The van der Waals surface area contributed by atoms with Crippen molar-refractivity contribution in [2.24, 2.45) is 0 Å². The van der Waals surface area contributed by atoms with Crippen molar-refractivity contribution in [2.45, 2.75) is 45.3 Å². The Hall–Kier alpha value is -0.940. The van der Waals surface area contributed by atoms with E-state index in [2.05, 4.69) is 34.4 Å². The molecule has 5 nitrogen and oxygen atoms in total. The highest BCUT2D eigenvalue weighted by Gasteiger charge is 2.23.